The summed E-state index contributed by atoms with van der Waals surface area (Å²) in [5.41, 5.74) is 0.775. The van der Waals surface area contributed by atoms with E-state index in [4.69, 9.17) is 0 Å². The molecule has 1 saturated heterocycles. The van der Waals surface area contributed by atoms with Crippen molar-refractivity contribution in [3.8, 4) is 0 Å². The van der Waals surface area contributed by atoms with Crippen molar-refractivity contribution in [2.75, 3.05) is 23.7 Å². The van der Waals surface area contributed by atoms with Gasteiger partial charge in [-0.1, -0.05) is 19.9 Å². The molecule has 1 unspecified atom stereocenters. The predicted octanol–water partition coefficient (Wildman–Crippen LogP) is 3.16. The first-order valence-corrected chi connectivity index (χ1v) is 8.70. The summed E-state index contributed by atoms with van der Waals surface area (Å²) < 4.78 is 26.1. The van der Waals surface area contributed by atoms with Gasteiger partial charge in [0, 0.05) is 29.6 Å². The van der Waals surface area contributed by atoms with Gasteiger partial charge in [-0.25, -0.2) is 4.39 Å². The van der Waals surface area contributed by atoms with Crippen LogP contribution < -0.4 is 4.90 Å². The number of rotatable bonds is 4. The molecule has 1 aliphatic rings. The number of anilines is 1. The van der Waals surface area contributed by atoms with Crippen molar-refractivity contribution in [2.45, 2.75) is 38.4 Å². The third-order valence-corrected chi connectivity index (χ3v) is 6.71. The number of Topliss-reactive ketones (excluding diaryl/α,β-unsaturated/α-hetero) is 1. The van der Waals surface area contributed by atoms with Gasteiger partial charge in [0.2, 0.25) is 0 Å². The molecule has 1 atom stereocenters. The van der Waals surface area contributed by atoms with Gasteiger partial charge in [0.1, 0.15) is 5.82 Å². The zero-order valence-electron chi connectivity index (χ0n) is 12.8. The largest absolute Gasteiger partial charge is 0.368 e. The van der Waals surface area contributed by atoms with Crippen LogP contribution in [0.15, 0.2) is 18.2 Å². The average molecular weight is 311 g/mol. The highest BCUT2D eigenvalue weighted by atomic mass is 32.2. The molecule has 21 heavy (non-hydrogen) atoms. The van der Waals surface area contributed by atoms with Crippen LogP contribution in [0.1, 0.15) is 44.0 Å². The van der Waals surface area contributed by atoms with E-state index in [9.17, 15) is 13.4 Å². The lowest BCUT2D eigenvalue weighted by molar-refractivity contribution is 0.101. The summed E-state index contributed by atoms with van der Waals surface area (Å²) in [4.78, 5) is 13.8. The van der Waals surface area contributed by atoms with Crippen molar-refractivity contribution in [3.05, 3.63) is 29.6 Å². The molecule has 5 heteroatoms. The van der Waals surface area contributed by atoms with Crippen LogP contribution in [-0.2, 0) is 10.8 Å². The fourth-order valence-electron chi connectivity index (χ4n) is 3.03. The number of ketones is 1. The molecule has 0 amide bonds. The lowest BCUT2D eigenvalue weighted by atomic mass is 9.99. The SMILES string of the molecule is CCC1(CC)CN(c2cccc(F)c2C(C)=O)CCS1=O. The average Bonchev–Trinajstić information content (AvgIpc) is 2.47. The summed E-state index contributed by atoms with van der Waals surface area (Å²) in [5, 5.41) is 0. The zero-order chi connectivity index (χ0) is 15.6. The molecule has 0 saturated carbocycles. The Bertz CT molecular complexity index is 569. The van der Waals surface area contributed by atoms with Gasteiger partial charge in [0.15, 0.2) is 5.78 Å². The van der Waals surface area contributed by atoms with Crippen molar-refractivity contribution in [3.63, 3.8) is 0 Å². The molecule has 1 aromatic rings. The Morgan fingerprint density at radius 1 is 1.38 bits per heavy atom. The molecule has 1 heterocycles. The van der Waals surface area contributed by atoms with Crippen LogP contribution in [0.2, 0.25) is 0 Å². The van der Waals surface area contributed by atoms with E-state index in [0.717, 1.165) is 12.8 Å². The summed E-state index contributed by atoms with van der Waals surface area (Å²) >= 11 is 0. The van der Waals surface area contributed by atoms with Gasteiger partial charge >= 0.3 is 0 Å². The number of nitrogens with zero attached hydrogens (tertiary/aromatic N) is 1. The Balaban J connectivity index is 2.42. The predicted molar refractivity (Wildman–Crippen MR) is 84.9 cm³/mol. The molecule has 1 aromatic carbocycles. The van der Waals surface area contributed by atoms with Crippen molar-refractivity contribution >= 4 is 22.3 Å². The molecule has 3 nitrogen and oxygen atoms in total. The molecule has 0 N–H and O–H groups in total. The fourth-order valence-corrected chi connectivity index (χ4v) is 4.80. The Morgan fingerprint density at radius 2 is 2.05 bits per heavy atom. The van der Waals surface area contributed by atoms with Crippen LogP contribution in [-0.4, -0.2) is 33.6 Å². The minimum absolute atomic E-state index is 0.145. The van der Waals surface area contributed by atoms with Gasteiger partial charge in [-0.3, -0.25) is 9.00 Å². The first-order chi connectivity index (χ1) is 9.95. The Morgan fingerprint density at radius 3 is 2.62 bits per heavy atom. The van der Waals surface area contributed by atoms with Crippen molar-refractivity contribution in [1.29, 1.82) is 0 Å². The van der Waals surface area contributed by atoms with E-state index >= 15 is 0 Å². The monoisotopic (exact) mass is 311 g/mol. The van der Waals surface area contributed by atoms with Crippen molar-refractivity contribution in [2.24, 2.45) is 0 Å². The highest BCUT2D eigenvalue weighted by Crippen LogP contribution is 2.33. The first-order valence-electron chi connectivity index (χ1n) is 7.38. The smallest absolute Gasteiger partial charge is 0.164 e. The molecule has 0 spiro atoms. The topological polar surface area (TPSA) is 37.4 Å². The van der Waals surface area contributed by atoms with Crippen molar-refractivity contribution < 1.29 is 13.4 Å². The molecule has 2 rings (SSSR count). The van der Waals surface area contributed by atoms with E-state index in [1.54, 1.807) is 12.1 Å². The van der Waals surface area contributed by atoms with E-state index in [-0.39, 0.29) is 16.1 Å². The molecule has 1 aliphatic heterocycles. The molecular formula is C16H22FNO2S. The van der Waals surface area contributed by atoms with E-state index < -0.39 is 16.6 Å². The summed E-state index contributed by atoms with van der Waals surface area (Å²) in [5.74, 6) is -0.186. The van der Waals surface area contributed by atoms with Crippen LogP contribution in [0.25, 0.3) is 0 Å². The van der Waals surface area contributed by atoms with Crippen LogP contribution in [0.5, 0.6) is 0 Å². The van der Waals surface area contributed by atoms with Gasteiger partial charge < -0.3 is 4.90 Å². The highest BCUT2D eigenvalue weighted by Gasteiger charge is 2.39. The third-order valence-electron chi connectivity index (χ3n) is 4.48. The highest BCUT2D eigenvalue weighted by molar-refractivity contribution is 7.86. The van der Waals surface area contributed by atoms with Crippen LogP contribution >= 0.6 is 0 Å². The number of carbonyl (C=O) groups is 1. The molecule has 116 valence electrons. The summed E-state index contributed by atoms with van der Waals surface area (Å²) in [6.45, 7) is 6.68. The maximum atomic E-state index is 14.0. The van der Waals surface area contributed by atoms with Crippen LogP contribution in [0.4, 0.5) is 10.1 Å². The van der Waals surface area contributed by atoms with E-state index in [2.05, 4.69) is 0 Å². The second kappa shape index (κ2) is 6.26. The lowest BCUT2D eigenvalue weighted by Gasteiger charge is -2.42. The van der Waals surface area contributed by atoms with Gasteiger partial charge in [-0.2, -0.15) is 0 Å². The van der Waals surface area contributed by atoms with E-state index in [0.29, 0.717) is 24.5 Å². The number of benzene rings is 1. The summed E-state index contributed by atoms with van der Waals surface area (Å²) in [6.07, 6.45) is 1.63. The third kappa shape index (κ3) is 2.89. The first kappa shape index (κ1) is 16.1. The number of hydrogen-bond acceptors (Lipinski definition) is 3. The number of hydrogen-bond donors (Lipinski definition) is 0. The van der Waals surface area contributed by atoms with Crippen molar-refractivity contribution in [1.82, 2.24) is 0 Å². The van der Waals surface area contributed by atoms with E-state index in [1.165, 1.54) is 13.0 Å². The molecule has 0 aromatic heterocycles. The minimum Gasteiger partial charge on any atom is -0.368 e. The Labute approximate surface area is 128 Å². The molecular weight excluding hydrogens is 289 g/mol. The number of carbonyl (C=O) groups excluding carboxylic acids is 1. The summed E-state index contributed by atoms with van der Waals surface area (Å²) in [6, 6.07) is 4.72. The Kier molecular flexibility index (Phi) is 4.81. The quantitative estimate of drug-likeness (QED) is 0.802. The zero-order valence-corrected chi connectivity index (χ0v) is 13.6. The van der Waals surface area contributed by atoms with Gasteiger partial charge in [0.25, 0.3) is 0 Å². The lowest BCUT2D eigenvalue weighted by Crippen LogP contribution is -2.53. The maximum Gasteiger partial charge on any atom is 0.164 e. The molecule has 0 aliphatic carbocycles. The van der Waals surface area contributed by atoms with Crippen LogP contribution in [0.3, 0.4) is 0 Å². The fraction of sp³-hybridized carbons (Fsp3) is 0.562. The summed E-state index contributed by atoms with van der Waals surface area (Å²) in [7, 11) is -0.874. The van der Waals surface area contributed by atoms with E-state index in [1.807, 2.05) is 18.7 Å². The van der Waals surface area contributed by atoms with Gasteiger partial charge in [-0.05, 0) is 31.9 Å². The Hall–Kier alpha value is -1.23. The maximum absolute atomic E-state index is 14.0. The van der Waals surface area contributed by atoms with Gasteiger partial charge in [0.05, 0.1) is 16.0 Å². The standard InChI is InChI=1S/C16H22FNO2S/c1-4-16(5-2)11-18(9-10-21(16)20)14-8-6-7-13(17)15(14)12(3)19/h6-8H,4-5,9-11H2,1-3H3. The molecule has 0 radical (unpaired) electrons. The van der Waals surface area contributed by atoms with Gasteiger partial charge in [-0.15, -0.1) is 0 Å². The molecule has 0 bridgehead atoms. The molecule has 1 fully saturated rings. The van der Waals surface area contributed by atoms with Crippen LogP contribution in [0, 0.1) is 5.82 Å². The number of halogens is 1. The minimum atomic E-state index is -0.874. The second-order valence-corrected chi connectivity index (χ2v) is 7.52. The normalized spacial score (nSPS) is 21.3. The second-order valence-electron chi connectivity index (χ2n) is 5.55.